The smallest absolute Gasteiger partial charge is 0.220 e. The molecule has 0 radical (unpaired) electrons. The van der Waals surface area contributed by atoms with Crippen molar-refractivity contribution in [1.82, 2.24) is 10.3 Å². The summed E-state index contributed by atoms with van der Waals surface area (Å²) in [4.78, 5) is 14.7. The highest BCUT2D eigenvalue weighted by atomic mass is 16.1. The van der Waals surface area contributed by atoms with Gasteiger partial charge in [0.25, 0.3) is 0 Å². The molecule has 0 aliphatic rings. The lowest BCUT2D eigenvalue weighted by Crippen LogP contribution is -2.22. The van der Waals surface area contributed by atoms with Crippen LogP contribution in [0.2, 0.25) is 0 Å². The van der Waals surface area contributed by atoms with Crippen LogP contribution in [0.1, 0.15) is 18.4 Å². The molecule has 1 amide bonds. The van der Waals surface area contributed by atoms with Gasteiger partial charge in [0.05, 0.1) is 0 Å². The highest BCUT2D eigenvalue weighted by molar-refractivity contribution is 5.83. The molecule has 0 aliphatic carbocycles. The number of aromatic amines is 1. The molecular weight excluding hydrogens is 224 g/mol. The second-order valence-electron chi connectivity index (χ2n) is 4.31. The van der Waals surface area contributed by atoms with Gasteiger partial charge in [0, 0.05) is 30.1 Å². The van der Waals surface area contributed by atoms with E-state index in [1.54, 1.807) is 6.08 Å². The van der Waals surface area contributed by atoms with Gasteiger partial charge < -0.3 is 10.3 Å². The minimum Gasteiger partial charge on any atom is -0.361 e. The van der Waals surface area contributed by atoms with Crippen molar-refractivity contribution in [3.05, 3.63) is 48.7 Å². The molecule has 0 saturated heterocycles. The number of rotatable bonds is 6. The van der Waals surface area contributed by atoms with Gasteiger partial charge in [0.1, 0.15) is 0 Å². The summed E-state index contributed by atoms with van der Waals surface area (Å²) in [5.74, 6) is 0.0924. The SMILES string of the molecule is C=CCNC(=O)CCCc1c[nH]c2ccccc12. The third-order valence-corrected chi connectivity index (χ3v) is 2.97. The van der Waals surface area contributed by atoms with Gasteiger partial charge in [-0.25, -0.2) is 0 Å². The maximum absolute atomic E-state index is 11.4. The first-order valence-corrected chi connectivity index (χ1v) is 6.24. The standard InChI is InChI=1S/C15H18N2O/c1-2-10-16-15(18)9-5-6-12-11-17-14-8-4-3-7-13(12)14/h2-4,7-8,11,17H,1,5-6,9-10H2,(H,16,18). The van der Waals surface area contributed by atoms with E-state index < -0.39 is 0 Å². The Kier molecular flexibility index (Phi) is 4.18. The summed E-state index contributed by atoms with van der Waals surface area (Å²) in [6.07, 6.45) is 6.08. The second kappa shape index (κ2) is 6.05. The predicted molar refractivity (Wildman–Crippen MR) is 74.4 cm³/mol. The van der Waals surface area contributed by atoms with Crippen molar-refractivity contribution in [2.45, 2.75) is 19.3 Å². The number of H-pyrrole nitrogens is 1. The Morgan fingerprint density at radius 2 is 2.22 bits per heavy atom. The molecule has 3 nitrogen and oxygen atoms in total. The van der Waals surface area contributed by atoms with E-state index in [0.29, 0.717) is 13.0 Å². The molecule has 94 valence electrons. The first kappa shape index (κ1) is 12.4. The molecule has 0 aliphatic heterocycles. The van der Waals surface area contributed by atoms with Gasteiger partial charge in [-0.2, -0.15) is 0 Å². The second-order valence-corrected chi connectivity index (χ2v) is 4.31. The van der Waals surface area contributed by atoms with Crippen molar-refractivity contribution in [2.24, 2.45) is 0 Å². The van der Waals surface area contributed by atoms with Crippen molar-refractivity contribution in [1.29, 1.82) is 0 Å². The number of carbonyl (C=O) groups is 1. The molecule has 3 heteroatoms. The van der Waals surface area contributed by atoms with Gasteiger partial charge in [-0.3, -0.25) is 4.79 Å². The Bertz CT molecular complexity index is 542. The maximum Gasteiger partial charge on any atom is 0.220 e. The molecule has 2 aromatic rings. The fraction of sp³-hybridized carbons (Fsp3) is 0.267. The van der Waals surface area contributed by atoms with E-state index in [2.05, 4.69) is 29.0 Å². The molecule has 0 fully saturated rings. The highest BCUT2D eigenvalue weighted by Crippen LogP contribution is 2.19. The van der Waals surface area contributed by atoms with E-state index in [4.69, 9.17) is 0 Å². The number of aromatic nitrogens is 1. The average Bonchev–Trinajstić information content (AvgIpc) is 2.80. The van der Waals surface area contributed by atoms with E-state index in [1.807, 2.05) is 18.3 Å². The Hall–Kier alpha value is -2.03. The molecule has 1 aromatic heterocycles. The van der Waals surface area contributed by atoms with Crippen LogP contribution >= 0.6 is 0 Å². The Balaban J connectivity index is 1.87. The topological polar surface area (TPSA) is 44.9 Å². The maximum atomic E-state index is 11.4. The van der Waals surface area contributed by atoms with Crippen LogP contribution in [0.4, 0.5) is 0 Å². The number of hydrogen-bond acceptors (Lipinski definition) is 1. The van der Waals surface area contributed by atoms with Crippen LogP contribution in [-0.4, -0.2) is 17.4 Å². The third-order valence-electron chi connectivity index (χ3n) is 2.97. The molecule has 2 rings (SSSR count). The summed E-state index contributed by atoms with van der Waals surface area (Å²) in [7, 11) is 0. The first-order valence-electron chi connectivity index (χ1n) is 6.24. The van der Waals surface area contributed by atoms with Gasteiger partial charge in [-0.15, -0.1) is 6.58 Å². The van der Waals surface area contributed by atoms with Crippen molar-refractivity contribution in [3.63, 3.8) is 0 Å². The Morgan fingerprint density at radius 1 is 1.39 bits per heavy atom. The van der Waals surface area contributed by atoms with Crippen LogP contribution in [-0.2, 0) is 11.2 Å². The fourth-order valence-corrected chi connectivity index (χ4v) is 2.05. The van der Waals surface area contributed by atoms with E-state index in [-0.39, 0.29) is 5.91 Å². The quantitative estimate of drug-likeness (QED) is 0.752. The summed E-state index contributed by atoms with van der Waals surface area (Å²) in [6.45, 7) is 4.12. The van der Waals surface area contributed by atoms with Gasteiger partial charge >= 0.3 is 0 Å². The van der Waals surface area contributed by atoms with E-state index >= 15 is 0 Å². The van der Waals surface area contributed by atoms with Gasteiger partial charge in [0.2, 0.25) is 5.91 Å². The molecule has 2 N–H and O–H groups in total. The third kappa shape index (κ3) is 3.00. The minimum atomic E-state index is 0.0924. The summed E-state index contributed by atoms with van der Waals surface area (Å²) >= 11 is 0. The normalized spacial score (nSPS) is 10.4. The van der Waals surface area contributed by atoms with E-state index in [9.17, 15) is 4.79 Å². The van der Waals surface area contributed by atoms with Gasteiger partial charge in [-0.05, 0) is 24.5 Å². The van der Waals surface area contributed by atoms with Gasteiger partial charge in [-0.1, -0.05) is 24.3 Å². The Labute approximate surface area is 107 Å². The monoisotopic (exact) mass is 242 g/mol. The lowest BCUT2D eigenvalue weighted by atomic mass is 10.1. The van der Waals surface area contributed by atoms with Gasteiger partial charge in [0.15, 0.2) is 0 Å². The van der Waals surface area contributed by atoms with Crippen LogP contribution in [0.25, 0.3) is 10.9 Å². The van der Waals surface area contributed by atoms with E-state index in [0.717, 1.165) is 18.4 Å². The van der Waals surface area contributed by atoms with E-state index in [1.165, 1.54) is 10.9 Å². The summed E-state index contributed by atoms with van der Waals surface area (Å²) < 4.78 is 0. The largest absolute Gasteiger partial charge is 0.361 e. The van der Waals surface area contributed by atoms with Crippen LogP contribution in [0.15, 0.2) is 43.1 Å². The van der Waals surface area contributed by atoms with Crippen molar-refractivity contribution in [2.75, 3.05) is 6.54 Å². The number of amides is 1. The Morgan fingerprint density at radius 3 is 3.06 bits per heavy atom. The zero-order chi connectivity index (χ0) is 12.8. The predicted octanol–water partition coefficient (Wildman–Crippen LogP) is 2.79. The minimum absolute atomic E-state index is 0.0924. The number of fused-ring (bicyclic) bond motifs is 1. The molecular formula is C15H18N2O. The number of aryl methyl sites for hydroxylation is 1. The number of benzene rings is 1. The van der Waals surface area contributed by atoms with Crippen molar-refractivity contribution in [3.8, 4) is 0 Å². The number of hydrogen-bond donors (Lipinski definition) is 2. The zero-order valence-electron chi connectivity index (χ0n) is 10.4. The molecule has 0 unspecified atom stereocenters. The molecule has 0 atom stereocenters. The van der Waals surface area contributed by atoms with Crippen molar-refractivity contribution < 1.29 is 4.79 Å². The number of para-hydroxylation sites is 1. The highest BCUT2D eigenvalue weighted by Gasteiger charge is 2.04. The summed E-state index contributed by atoms with van der Waals surface area (Å²) in [5.41, 5.74) is 2.44. The summed E-state index contributed by atoms with van der Waals surface area (Å²) in [5, 5.41) is 4.04. The van der Waals surface area contributed by atoms with Crippen LogP contribution in [0.3, 0.4) is 0 Å². The summed E-state index contributed by atoms with van der Waals surface area (Å²) in [6, 6.07) is 8.23. The zero-order valence-corrected chi connectivity index (χ0v) is 10.4. The van der Waals surface area contributed by atoms with Crippen LogP contribution < -0.4 is 5.32 Å². The number of nitrogens with one attached hydrogen (secondary N) is 2. The lowest BCUT2D eigenvalue weighted by molar-refractivity contribution is -0.120. The molecule has 1 aromatic carbocycles. The van der Waals surface area contributed by atoms with Crippen LogP contribution in [0.5, 0.6) is 0 Å². The van der Waals surface area contributed by atoms with Crippen LogP contribution in [0, 0.1) is 0 Å². The molecule has 0 spiro atoms. The molecule has 0 bridgehead atoms. The lowest BCUT2D eigenvalue weighted by Gasteiger charge is -2.02. The molecule has 0 saturated carbocycles. The average molecular weight is 242 g/mol. The number of carbonyl (C=O) groups excluding carboxylic acids is 1. The molecule has 1 heterocycles. The first-order chi connectivity index (χ1) is 8.81. The molecule has 18 heavy (non-hydrogen) atoms. The van der Waals surface area contributed by atoms with Crippen molar-refractivity contribution >= 4 is 16.8 Å². The fourth-order valence-electron chi connectivity index (χ4n) is 2.05.